The Morgan fingerprint density at radius 3 is 2.69 bits per heavy atom. The molecule has 26 heavy (non-hydrogen) atoms. The zero-order valence-corrected chi connectivity index (χ0v) is 15.4. The number of piperazine rings is 1. The molecule has 0 aliphatic carbocycles. The van der Waals surface area contributed by atoms with Gasteiger partial charge in [0.15, 0.2) is 5.65 Å². The van der Waals surface area contributed by atoms with Crippen LogP contribution in [0, 0.1) is 0 Å². The molecular formula is C19H20ClN5O. The molecule has 3 aromatic rings. The van der Waals surface area contributed by atoms with Crippen LogP contribution in [0.3, 0.4) is 0 Å². The maximum absolute atomic E-state index is 12.6. The van der Waals surface area contributed by atoms with Crippen molar-refractivity contribution in [3.8, 4) is 0 Å². The first-order valence-electron chi connectivity index (χ1n) is 8.66. The van der Waals surface area contributed by atoms with Gasteiger partial charge >= 0.3 is 0 Å². The highest BCUT2D eigenvalue weighted by molar-refractivity contribution is 6.31. The molecule has 2 aromatic heterocycles. The summed E-state index contributed by atoms with van der Waals surface area (Å²) in [7, 11) is 1.89. The summed E-state index contributed by atoms with van der Waals surface area (Å²) in [5.74, 6) is 0.124. The number of hydrogen-bond acceptors (Lipinski definition) is 4. The number of anilines is 1. The molecule has 1 aliphatic rings. The summed E-state index contributed by atoms with van der Waals surface area (Å²) < 4.78 is 1.78. The number of aryl methyl sites for hydroxylation is 1. The molecule has 7 heteroatoms. The maximum Gasteiger partial charge on any atom is 0.227 e. The second-order valence-corrected chi connectivity index (χ2v) is 6.88. The normalized spacial score (nSPS) is 14.8. The summed E-state index contributed by atoms with van der Waals surface area (Å²) in [6.07, 6.45) is 4.02. The van der Waals surface area contributed by atoms with Gasteiger partial charge in [-0.25, -0.2) is 4.98 Å². The van der Waals surface area contributed by atoms with E-state index in [0.717, 1.165) is 35.4 Å². The van der Waals surface area contributed by atoms with Crippen molar-refractivity contribution in [2.24, 2.45) is 7.05 Å². The highest BCUT2D eigenvalue weighted by Crippen LogP contribution is 2.26. The van der Waals surface area contributed by atoms with E-state index >= 15 is 0 Å². The van der Waals surface area contributed by atoms with Crippen LogP contribution in [-0.2, 0) is 18.3 Å². The minimum Gasteiger partial charge on any atom is -0.367 e. The molecule has 0 spiro atoms. The van der Waals surface area contributed by atoms with Gasteiger partial charge < -0.3 is 9.80 Å². The van der Waals surface area contributed by atoms with Gasteiger partial charge in [-0.05, 0) is 17.7 Å². The van der Waals surface area contributed by atoms with Gasteiger partial charge in [0.25, 0.3) is 0 Å². The lowest BCUT2D eigenvalue weighted by Gasteiger charge is -2.36. The molecule has 1 saturated heterocycles. The standard InChI is InChI=1S/C19H20ClN5O/c1-23-19-15(13-22-23)17(6-7-21-19)24-8-10-25(11-9-24)18(26)12-14-4-2-3-5-16(14)20/h2-7,13H,8-12H2,1H3. The summed E-state index contributed by atoms with van der Waals surface area (Å²) >= 11 is 6.18. The first-order chi connectivity index (χ1) is 12.6. The van der Waals surface area contributed by atoms with Gasteiger partial charge in [0.2, 0.25) is 5.91 Å². The van der Waals surface area contributed by atoms with Gasteiger partial charge in [-0.2, -0.15) is 5.10 Å². The summed E-state index contributed by atoms with van der Waals surface area (Å²) in [6, 6.07) is 9.54. The number of benzene rings is 1. The Balaban J connectivity index is 1.44. The Labute approximate surface area is 157 Å². The molecule has 6 nitrogen and oxygen atoms in total. The van der Waals surface area contributed by atoms with Crippen molar-refractivity contribution in [2.75, 3.05) is 31.1 Å². The Kier molecular flexibility index (Phi) is 4.51. The number of fused-ring (bicyclic) bond motifs is 1. The van der Waals surface area contributed by atoms with Crippen molar-refractivity contribution < 1.29 is 4.79 Å². The van der Waals surface area contributed by atoms with Crippen molar-refractivity contribution in [1.82, 2.24) is 19.7 Å². The second kappa shape index (κ2) is 6.96. The van der Waals surface area contributed by atoms with Crippen molar-refractivity contribution in [2.45, 2.75) is 6.42 Å². The lowest BCUT2D eigenvalue weighted by Crippen LogP contribution is -2.49. The average Bonchev–Trinajstić information content (AvgIpc) is 3.05. The summed E-state index contributed by atoms with van der Waals surface area (Å²) in [5, 5.41) is 6.00. The van der Waals surface area contributed by atoms with Crippen LogP contribution in [0.25, 0.3) is 11.0 Å². The molecule has 1 fully saturated rings. The number of rotatable bonds is 3. The minimum atomic E-state index is 0.124. The van der Waals surface area contributed by atoms with E-state index in [1.165, 1.54) is 0 Å². The summed E-state index contributed by atoms with van der Waals surface area (Å²) in [4.78, 5) is 21.2. The molecule has 0 atom stereocenters. The van der Waals surface area contributed by atoms with E-state index < -0.39 is 0 Å². The molecule has 0 bridgehead atoms. The fraction of sp³-hybridized carbons (Fsp3) is 0.316. The predicted molar refractivity (Wildman–Crippen MR) is 102 cm³/mol. The van der Waals surface area contributed by atoms with Crippen molar-refractivity contribution in [1.29, 1.82) is 0 Å². The number of amides is 1. The van der Waals surface area contributed by atoms with Gasteiger partial charge in [-0.1, -0.05) is 29.8 Å². The Morgan fingerprint density at radius 2 is 1.92 bits per heavy atom. The molecular weight excluding hydrogens is 350 g/mol. The second-order valence-electron chi connectivity index (χ2n) is 6.47. The van der Waals surface area contributed by atoms with Gasteiger partial charge in [0.05, 0.1) is 23.7 Å². The lowest BCUT2D eigenvalue weighted by atomic mass is 10.1. The van der Waals surface area contributed by atoms with Gasteiger partial charge in [0.1, 0.15) is 0 Å². The highest BCUT2D eigenvalue weighted by atomic mass is 35.5. The Bertz CT molecular complexity index is 946. The molecule has 0 saturated carbocycles. The summed E-state index contributed by atoms with van der Waals surface area (Å²) in [5.41, 5.74) is 2.88. The van der Waals surface area contributed by atoms with Crippen molar-refractivity contribution >= 4 is 34.2 Å². The van der Waals surface area contributed by atoms with Gasteiger partial charge in [0, 0.05) is 44.4 Å². The molecule has 4 rings (SSSR count). The van der Waals surface area contributed by atoms with Crippen LogP contribution in [0.5, 0.6) is 0 Å². The van der Waals surface area contributed by atoms with E-state index in [2.05, 4.69) is 15.0 Å². The molecule has 0 unspecified atom stereocenters. The Morgan fingerprint density at radius 1 is 1.15 bits per heavy atom. The molecule has 1 amide bonds. The number of pyridine rings is 1. The van der Waals surface area contributed by atoms with Gasteiger partial charge in [-0.15, -0.1) is 0 Å². The monoisotopic (exact) mass is 369 g/mol. The molecule has 1 aliphatic heterocycles. The number of hydrogen-bond donors (Lipinski definition) is 0. The molecule has 1 aromatic carbocycles. The van der Waals surface area contributed by atoms with E-state index in [-0.39, 0.29) is 5.91 Å². The third kappa shape index (κ3) is 3.12. The van der Waals surface area contributed by atoms with Crippen molar-refractivity contribution in [3.05, 3.63) is 53.3 Å². The number of carbonyl (C=O) groups is 1. The molecule has 0 radical (unpaired) electrons. The van der Waals surface area contributed by atoms with E-state index in [1.807, 2.05) is 54.7 Å². The quantitative estimate of drug-likeness (QED) is 0.712. The minimum absolute atomic E-state index is 0.124. The van der Waals surface area contributed by atoms with E-state index in [1.54, 1.807) is 4.68 Å². The third-order valence-electron chi connectivity index (χ3n) is 4.89. The number of halogens is 1. The number of nitrogens with zero attached hydrogens (tertiary/aromatic N) is 5. The van der Waals surface area contributed by atoms with Crippen LogP contribution in [0.1, 0.15) is 5.56 Å². The first-order valence-corrected chi connectivity index (χ1v) is 9.04. The van der Waals surface area contributed by atoms with Crippen molar-refractivity contribution in [3.63, 3.8) is 0 Å². The smallest absolute Gasteiger partial charge is 0.227 e. The van der Waals surface area contributed by atoms with Gasteiger partial charge in [-0.3, -0.25) is 9.48 Å². The largest absolute Gasteiger partial charge is 0.367 e. The van der Waals surface area contributed by atoms with Crippen LogP contribution in [0.4, 0.5) is 5.69 Å². The SMILES string of the molecule is Cn1ncc2c(N3CCN(C(=O)Cc4ccccc4Cl)CC3)ccnc21. The molecule has 134 valence electrons. The predicted octanol–water partition coefficient (Wildman–Crippen LogP) is 2.51. The number of aromatic nitrogens is 3. The topological polar surface area (TPSA) is 54.3 Å². The van der Waals surface area contributed by atoms with E-state index in [9.17, 15) is 4.79 Å². The third-order valence-corrected chi connectivity index (χ3v) is 5.25. The van der Waals surface area contributed by atoms with E-state index in [4.69, 9.17) is 11.6 Å². The van der Waals surface area contributed by atoms with Crippen LogP contribution in [0.2, 0.25) is 5.02 Å². The van der Waals surface area contributed by atoms with Crippen LogP contribution >= 0.6 is 11.6 Å². The number of carbonyl (C=O) groups excluding carboxylic acids is 1. The first kappa shape index (κ1) is 16.8. The Hall–Kier alpha value is -2.60. The fourth-order valence-electron chi connectivity index (χ4n) is 3.42. The lowest BCUT2D eigenvalue weighted by molar-refractivity contribution is -0.130. The zero-order valence-electron chi connectivity index (χ0n) is 14.6. The summed E-state index contributed by atoms with van der Waals surface area (Å²) in [6.45, 7) is 2.99. The highest BCUT2D eigenvalue weighted by Gasteiger charge is 2.23. The molecule has 3 heterocycles. The van der Waals surface area contributed by atoms with Crippen LogP contribution in [0.15, 0.2) is 42.7 Å². The average molecular weight is 370 g/mol. The fourth-order valence-corrected chi connectivity index (χ4v) is 3.62. The maximum atomic E-state index is 12.6. The molecule has 0 N–H and O–H groups in total. The van der Waals surface area contributed by atoms with Crippen LogP contribution in [-0.4, -0.2) is 51.8 Å². The van der Waals surface area contributed by atoms with E-state index in [0.29, 0.717) is 24.5 Å². The zero-order chi connectivity index (χ0) is 18.1. The van der Waals surface area contributed by atoms with Crippen LogP contribution < -0.4 is 4.90 Å².